The number of thiophene rings is 1. The number of aromatic nitrogens is 1. The van der Waals surface area contributed by atoms with E-state index in [9.17, 15) is 0 Å². The predicted octanol–water partition coefficient (Wildman–Crippen LogP) is 12.2. The lowest BCUT2D eigenvalue weighted by Gasteiger charge is -2.26. The van der Waals surface area contributed by atoms with Crippen molar-refractivity contribution in [1.29, 1.82) is 0 Å². The van der Waals surface area contributed by atoms with Gasteiger partial charge >= 0.3 is 0 Å². The smallest absolute Gasteiger partial charge is 0.172 e. The van der Waals surface area contributed by atoms with Crippen LogP contribution in [-0.4, -0.2) is 4.57 Å². The molecule has 1 aliphatic heterocycles. The molecule has 10 aromatic rings. The Kier molecular flexibility index (Phi) is 6.70. The molecule has 0 fully saturated rings. The fourth-order valence-corrected chi connectivity index (χ4v) is 12.9. The third-order valence-corrected chi connectivity index (χ3v) is 15.1. The fraction of sp³-hybridized carbons (Fsp3) is 0. The summed E-state index contributed by atoms with van der Waals surface area (Å²) in [5, 5.41) is 7.49. The zero-order valence-electron chi connectivity index (χ0n) is 28.6. The molecule has 250 valence electrons. The minimum Gasteiger partial charge on any atom is -0.310 e. The van der Waals surface area contributed by atoms with Gasteiger partial charge in [-0.05, 0) is 77.9 Å². The van der Waals surface area contributed by atoms with Crippen molar-refractivity contribution < 1.29 is 4.57 Å². The van der Waals surface area contributed by atoms with Crippen molar-refractivity contribution >= 4 is 93.4 Å². The highest BCUT2D eigenvalue weighted by molar-refractivity contribution is 7.86. The third-order valence-electron chi connectivity index (χ3n) is 10.8. The summed E-state index contributed by atoms with van der Waals surface area (Å²) in [4.78, 5) is 2.33. The topological polar surface area (TPSA) is 25.2 Å². The minimum absolute atomic E-state index is 0.870. The number of anilines is 3. The molecule has 2 aromatic heterocycles. The monoisotopic (exact) mass is 714 g/mol. The molecule has 1 aliphatic rings. The molecule has 0 aliphatic carbocycles. The standard InChI is InChI=1S/C48H31N2OPS/c51-52(36-15-5-2-6-16-36)44-21-11-8-17-37(44)40-29-30-43-47(48(40)52)41-19-7-10-20-42(41)50(43)34-25-23-33(24-26-34)49(32-13-3-1-4-14-32)35-27-28-39-38-18-9-12-22-45(38)53-46(39)31-35/h1-31H. The van der Waals surface area contributed by atoms with Gasteiger partial charge in [0.2, 0.25) is 0 Å². The maximum atomic E-state index is 15.8. The van der Waals surface area contributed by atoms with E-state index in [2.05, 4.69) is 161 Å². The summed E-state index contributed by atoms with van der Waals surface area (Å²) in [6.07, 6.45) is 0. The van der Waals surface area contributed by atoms with Gasteiger partial charge in [-0.15, -0.1) is 11.3 Å². The SMILES string of the molecule is O=P1(c2ccccc2)c2ccccc2-c2ccc3c(c21)c1ccccc1n3-c1ccc(N(c2ccccc2)c2ccc3c(c2)sc2ccccc23)cc1. The number of fused-ring (bicyclic) bond motifs is 10. The van der Waals surface area contributed by atoms with Crippen molar-refractivity contribution in [3.63, 3.8) is 0 Å². The van der Waals surface area contributed by atoms with Crippen LogP contribution in [0.5, 0.6) is 0 Å². The van der Waals surface area contributed by atoms with Crippen molar-refractivity contribution in [3.05, 3.63) is 188 Å². The maximum Gasteiger partial charge on any atom is 0.172 e. The maximum absolute atomic E-state index is 15.8. The van der Waals surface area contributed by atoms with E-state index in [1.807, 2.05) is 47.7 Å². The van der Waals surface area contributed by atoms with Crippen LogP contribution in [0.25, 0.3) is 58.8 Å². The Morgan fingerprint density at radius 1 is 0.472 bits per heavy atom. The number of benzene rings is 8. The first-order valence-corrected chi connectivity index (χ1v) is 20.4. The second-order valence-corrected chi connectivity index (χ2v) is 17.4. The van der Waals surface area contributed by atoms with Gasteiger partial charge in [-0.25, -0.2) is 0 Å². The first kappa shape index (κ1) is 30.4. The van der Waals surface area contributed by atoms with Crippen molar-refractivity contribution in [2.75, 3.05) is 4.90 Å². The second-order valence-electron chi connectivity index (χ2n) is 13.6. The molecular formula is C48H31N2OPS. The fourth-order valence-electron chi connectivity index (χ4n) is 8.50. The Morgan fingerprint density at radius 3 is 1.94 bits per heavy atom. The molecule has 11 rings (SSSR count). The third kappa shape index (κ3) is 4.43. The van der Waals surface area contributed by atoms with Gasteiger partial charge in [-0.3, -0.25) is 0 Å². The number of hydrogen-bond donors (Lipinski definition) is 0. The van der Waals surface area contributed by atoms with Crippen LogP contribution in [-0.2, 0) is 4.57 Å². The first-order valence-electron chi connectivity index (χ1n) is 17.9. The highest BCUT2D eigenvalue weighted by atomic mass is 32.1. The van der Waals surface area contributed by atoms with Crippen molar-refractivity contribution in [3.8, 4) is 16.8 Å². The molecule has 0 amide bonds. The minimum atomic E-state index is -3.17. The Balaban J connectivity index is 1.10. The lowest BCUT2D eigenvalue weighted by molar-refractivity contribution is 0.593. The van der Waals surface area contributed by atoms with Crippen LogP contribution >= 0.6 is 18.5 Å². The van der Waals surface area contributed by atoms with E-state index in [1.165, 1.54) is 20.2 Å². The molecule has 5 heteroatoms. The Hall–Kier alpha value is -6.19. The first-order chi connectivity index (χ1) is 26.2. The number of nitrogens with zero attached hydrogens (tertiary/aromatic N) is 2. The van der Waals surface area contributed by atoms with E-state index in [1.54, 1.807) is 0 Å². The summed E-state index contributed by atoms with van der Waals surface area (Å²) in [5.41, 5.74) is 8.62. The molecule has 0 radical (unpaired) electrons. The van der Waals surface area contributed by atoms with E-state index in [0.717, 1.165) is 71.6 Å². The zero-order chi connectivity index (χ0) is 35.1. The van der Waals surface area contributed by atoms with Gasteiger partial charge in [-0.2, -0.15) is 0 Å². The quantitative estimate of drug-likeness (QED) is 0.166. The Morgan fingerprint density at radius 2 is 1.11 bits per heavy atom. The summed E-state index contributed by atoms with van der Waals surface area (Å²) in [6, 6.07) is 66.2. The van der Waals surface area contributed by atoms with Gasteiger partial charge in [0.1, 0.15) is 0 Å². The van der Waals surface area contributed by atoms with Crippen molar-refractivity contribution in [2.24, 2.45) is 0 Å². The van der Waals surface area contributed by atoms with Crippen LogP contribution in [0.1, 0.15) is 0 Å². The summed E-state index contributed by atoms with van der Waals surface area (Å²) in [6.45, 7) is 0. The largest absolute Gasteiger partial charge is 0.310 e. The summed E-state index contributed by atoms with van der Waals surface area (Å²) >= 11 is 1.84. The molecule has 0 saturated heterocycles. The van der Waals surface area contributed by atoms with Crippen LogP contribution in [0.15, 0.2) is 188 Å². The average Bonchev–Trinajstić information content (AvgIpc) is 3.85. The molecule has 1 unspecified atom stereocenters. The van der Waals surface area contributed by atoms with Crippen LogP contribution in [0.4, 0.5) is 17.1 Å². The molecular weight excluding hydrogens is 684 g/mol. The van der Waals surface area contributed by atoms with Crippen molar-refractivity contribution in [1.82, 2.24) is 4.57 Å². The molecule has 0 N–H and O–H groups in total. The number of rotatable bonds is 5. The van der Waals surface area contributed by atoms with Gasteiger partial charge in [0.05, 0.1) is 11.0 Å². The van der Waals surface area contributed by atoms with Gasteiger partial charge in [0, 0.05) is 69.6 Å². The highest BCUT2D eigenvalue weighted by Gasteiger charge is 2.42. The highest BCUT2D eigenvalue weighted by Crippen LogP contribution is 2.55. The Bertz CT molecular complexity index is 3090. The van der Waals surface area contributed by atoms with E-state index in [0.29, 0.717) is 0 Å². The molecule has 1 atom stereocenters. The summed E-state index contributed by atoms with van der Waals surface area (Å²) in [5.74, 6) is 0. The lowest BCUT2D eigenvalue weighted by Crippen LogP contribution is -2.21. The van der Waals surface area contributed by atoms with Gasteiger partial charge in [0.25, 0.3) is 0 Å². The number of para-hydroxylation sites is 2. The van der Waals surface area contributed by atoms with Gasteiger partial charge < -0.3 is 14.0 Å². The molecule has 0 spiro atoms. The lowest BCUT2D eigenvalue weighted by atomic mass is 10.0. The van der Waals surface area contributed by atoms with Crippen molar-refractivity contribution in [2.45, 2.75) is 0 Å². The van der Waals surface area contributed by atoms with E-state index >= 15 is 4.57 Å². The summed E-state index contributed by atoms with van der Waals surface area (Å²) < 4.78 is 20.7. The van der Waals surface area contributed by atoms with Crippen LogP contribution < -0.4 is 20.8 Å². The van der Waals surface area contributed by atoms with E-state index < -0.39 is 7.14 Å². The van der Waals surface area contributed by atoms with E-state index in [-0.39, 0.29) is 0 Å². The molecule has 0 bridgehead atoms. The van der Waals surface area contributed by atoms with Crippen LogP contribution in [0, 0.1) is 0 Å². The second kappa shape index (κ2) is 11.7. The average molecular weight is 715 g/mol. The number of hydrogen-bond acceptors (Lipinski definition) is 3. The summed E-state index contributed by atoms with van der Waals surface area (Å²) in [7, 11) is -3.17. The normalized spacial score (nSPS) is 14.9. The van der Waals surface area contributed by atoms with E-state index in [4.69, 9.17) is 0 Å². The zero-order valence-corrected chi connectivity index (χ0v) is 30.3. The molecule has 3 nitrogen and oxygen atoms in total. The molecule has 0 saturated carbocycles. The molecule has 8 aromatic carbocycles. The van der Waals surface area contributed by atoms with Crippen LogP contribution in [0.2, 0.25) is 0 Å². The van der Waals surface area contributed by atoms with Crippen LogP contribution in [0.3, 0.4) is 0 Å². The van der Waals surface area contributed by atoms with Gasteiger partial charge in [-0.1, -0.05) is 121 Å². The van der Waals surface area contributed by atoms with Gasteiger partial charge in [0.15, 0.2) is 7.14 Å². The predicted molar refractivity (Wildman–Crippen MR) is 227 cm³/mol. The molecule has 3 heterocycles. The molecule has 53 heavy (non-hydrogen) atoms. The Labute approximate surface area is 311 Å².